The van der Waals surface area contributed by atoms with Gasteiger partial charge in [0.25, 0.3) is 0 Å². The van der Waals surface area contributed by atoms with Crippen molar-refractivity contribution in [3.63, 3.8) is 0 Å². The van der Waals surface area contributed by atoms with Gasteiger partial charge in [-0.1, -0.05) is 19.1 Å². The average molecular weight is 251 g/mol. The van der Waals surface area contributed by atoms with Gasteiger partial charge in [0, 0.05) is 6.04 Å². The smallest absolute Gasteiger partial charge is 0.375 e. The number of aliphatic hydroxyl groups is 1. The Morgan fingerprint density at radius 1 is 1.35 bits per heavy atom. The van der Waals surface area contributed by atoms with Gasteiger partial charge in [0.2, 0.25) is 5.60 Å². The van der Waals surface area contributed by atoms with Crippen LogP contribution in [-0.2, 0) is 5.60 Å². The van der Waals surface area contributed by atoms with E-state index in [1.807, 2.05) is 0 Å². The highest BCUT2D eigenvalue weighted by atomic mass is 19.4. The van der Waals surface area contributed by atoms with Crippen molar-refractivity contribution in [2.45, 2.75) is 31.2 Å². The summed E-state index contributed by atoms with van der Waals surface area (Å²) in [7, 11) is 0. The van der Waals surface area contributed by atoms with Gasteiger partial charge in [-0.15, -0.1) is 0 Å². The highest BCUT2D eigenvalue weighted by Crippen LogP contribution is 2.41. The molecule has 17 heavy (non-hydrogen) atoms. The molecule has 96 valence electrons. The maximum atomic E-state index is 12.9. The first-order valence-electron chi connectivity index (χ1n) is 5.04. The monoisotopic (exact) mass is 251 g/mol. The highest BCUT2D eigenvalue weighted by Gasteiger charge is 2.58. The molecular formula is C11H13F4NO. The Labute approximate surface area is 96.1 Å². The molecule has 0 saturated heterocycles. The van der Waals surface area contributed by atoms with E-state index in [4.69, 9.17) is 5.73 Å². The summed E-state index contributed by atoms with van der Waals surface area (Å²) >= 11 is 0. The molecule has 0 heterocycles. The van der Waals surface area contributed by atoms with E-state index in [-0.39, 0.29) is 6.42 Å². The van der Waals surface area contributed by atoms with Gasteiger partial charge in [-0.05, 0) is 24.1 Å². The number of halogens is 4. The van der Waals surface area contributed by atoms with Crippen molar-refractivity contribution in [3.05, 3.63) is 35.6 Å². The molecular weight excluding hydrogens is 238 g/mol. The third-order valence-corrected chi connectivity index (χ3v) is 2.67. The number of rotatable bonds is 3. The van der Waals surface area contributed by atoms with E-state index in [1.54, 1.807) is 0 Å². The first-order valence-corrected chi connectivity index (χ1v) is 5.04. The second-order valence-electron chi connectivity index (χ2n) is 3.79. The number of benzene rings is 1. The van der Waals surface area contributed by atoms with Crippen LogP contribution >= 0.6 is 0 Å². The fourth-order valence-electron chi connectivity index (χ4n) is 1.61. The zero-order valence-electron chi connectivity index (χ0n) is 9.13. The molecule has 6 heteroatoms. The molecule has 1 aromatic carbocycles. The van der Waals surface area contributed by atoms with Crippen LogP contribution in [0.4, 0.5) is 17.6 Å². The summed E-state index contributed by atoms with van der Waals surface area (Å²) in [5, 5.41) is 9.80. The van der Waals surface area contributed by atoms with Crippen LogP contribution < -0.4 is 5.73 Å². The van der Waals surface area contributed by atoms with Crippen molar-refractivity contribution >= 4 is 0 Å². The molecule has 0 aliphatic carbocycles. The zero-order chi connectivity index (χ0) is 13.3. The molecule has 1 rings (SSSR count). The van der Waals surface area contributed by atoms with Crippen LogP contribution in [0.25, 0.3) is 0 Å². The molecule has 0 aromatic heterocycles. The molecule has 0 aliphatic heterocycles. The van der Waals surface area contributed by atoms with E-state index < -0.39 is 29.2 Å². The van der Waals surface area contributed by atoms with Crippen LogP contribution in [0.2, 0.25) is 0 Å². The molecule has 0 aliphatic rings. The minimum absolute atomic E-state index is 0.0908. The third-order valence-electron chi connectivity index (χ3n) is 2.67. The average Bonchev–Trinajstić information content (AvgIpc) is 2.25. The van der Waals surface area contributed by atoms with Gasteiger partial charge in [-0.2, -0.15) is 13.2 Å². The Bertz CT molecular complexity index is 393. The summed E-state index contributed by atoms with van der Waals surface area (Å²) in [6, 6.07) is 2.20. The van der Waals surface area contributed by atoms with Gasteiger partial charge in [0.05, 0.1) is 0 Å². The van der Waals surface area contributed by atoms with E-state index in [0.717, 1.165) is 18.2 Å². The minimum atomic E-state index is -4.96. The first-order chi connectivity index (χ1) is 7.73. The molecule has 2 nitrogen and oxygen atoms in total. The van der Waals surface area contributed by atoms with Gasteiger partial charge in [-0.3, -0.25) is 0 Å². The molecule has 0 fully saturated rings. The number of alkyl halides is 3. The van der Waals surface area contributed by atoms with Crippen LogP contribution in [0.5, 0.6) is 0 Å². The predicted molar refractivity (Wildman–Crippen MR) is 54.6 cm³/mol. The molecule has 3 N–H and O–H groups in total. The lowest BCUT2D eigenvalue weighted by molar-refractivity contribution is -0.274. The Hall–Kier alpha value is -1.14. The minimum Gasteiger partial charge on any atom is -0.375 e. The fourth-order valence-corrected chi connectivity index (χ4v) is 1.61. The normalized spacial score (nSPS) is 17.6. The largest absolute Gasteiger partial charge is 0.423 e. The van der Waals surface area contributed by atoms with Gasteiger partial charge in [0.1, 0.15) is 5.82 Å². The second kappa shape index (κ2) is 4.62. The number of hydrogen-bond acceptors (Lipinski definition) is 2. The van der Waals surface area contributed by atoms with Gasteiger partial charge in [0.15, 0.2) is 0 Å². The number of nitrogens with two attached hydrogens (primary N) is 1. The maximum Gasteiger partial charge on any atom is 0.423 e. The van der Waals surface area contributed by atoms with Crippen molar-refractivity contribution < 1.29 is 22.7 Å². The van der Waals surface area contributed by atoms with Crippen molar-refractivity contribution in [2.75, 3.05) is 0 Å². The summed E-state index contributed by atoms with van der Waals surface area (Å²) in [6.07, 6.45) is -5.05. The molecule has 0 saturated carbocycles. The SMILES string of the molecule is CCC(N)C(O)(c1cccc(F)c1)C(F)(F)F. The van der Waals surface area contributed by atoms with E-state index in [1.165, 1.54) is 6.92 Å². The standard InChI is InChI=1S/C11H13F4NO/c1-2-9(16)10(17,11(13,14)15)7-4-3-5-8(12)6-7/h3-6,9,17H,2,16H2,1H3. The topological polar surface area (TPSA) is 46.2 Å². The molecule has 2 unspecified atom stereocenters. The van der Waals surface area contributed by atoms with Crippen molar-refractivity contribution in [3.8, 4) is 0 Å². The molecule has 2 atom stereocenters. The van der Waals surface area contributed by atoms with Crippen LogP contribution in [0, 0.1) is 5.82 Å². The molecule has 0 amide bonds. The van der Waals surface area contributed by atoms with Crippen LogP contribution in [0.15, 0.2) is 24.3 Å². The molecule has 1 aromatic rings. The highest BCUT2D eigenvalue weighted by molar-refractivity contribution is 5.27. The molecule has 0 spiro atoms. The molecule has 0 radical (unpaired) electrons. The van der Waals surface area contributed by atoms with Crippen LogP contribution in [-0.4, -0.2) is 17.3 Å². The lowest BCUT2D eigenvalue weighted by atomic mass is 9.84. The van der Waals surface area contributed by atoms with Gasteiger partial charge in [-0.25, -0.2) is 4.39 Å². The number of hydrogen-bond donors (Lipinski definition) is 2. The van der Waals surface area contributed by atoms with E-state index in [0.29, 0.717) is 6.07 Å². The lowest BCUT2D eigenvalue weighted by Gasteiger charge is -2.35. The molecule has 0 bridgehead atoms. The van der Waals surface area contributed by atoms with E-state index in [9.17, 15) is 22.7 Å². The fraction of sp³-hybridized carbons (Fsp3) is 0.455. The van der Waals surface area contributed by atoms with Crippen molar-refractivity contribution in [1.29, 1.82) is 0 Å². The van der Waals surface area contributed by atoms with Gasteiger partial charge < -0.3 is 10.8 Å². The Kier molecular flexibility index (Phi) is 3.78. The van der Waals surface area contributed by atoms with Crippen molar-refractivity contribution in [2.24, 2.45) is 5.73 Å². The summed E-state index contributed by atoms with van der Waals surface area (Å²) in [5.41, 5.74) is 1.51. The summed E-state index contributed by atoms with van der Waals surface area (Å²) in [5.74, 6) is -0.853. The predicted octanol–water partition coefficient (Wildman–Crippen LogP) is 2.31. The zero-order valence-corrected chi connectivity index (χ0v) is 9.13. The Morgan fingerprint density at radius 3 is 2.35 bits per heavy atom. The van der Waals surface area contributed by atoms with Crippen molar-refractivity contribution in [1.82, 2.24) is 0 Å². The van der Waals surface area contributed by atoms with E-state index in [2.05, 4.69) is 0 Å². The van der Waals surface area contributed by atoms with Crippen LogP contribution in [0.3, 0.4) is 0 Å². The second-order valence-corrected chi connectivity index (χ2v) is 3.79. The summed E-state index contributed by atoms with van der Waals surface area (Å²) in [6.45, 7) is 1.42. The van der Waals surface area contributed by atoms with Gasteiger partial charge >= 0.3 is 6.18 Å². The summed E-state index contributed by atoms with van der Waals surface area (Å²) < 4.78 is 51.7. The Morgan fingerprint density at radius 2 is 1.94 bits per heavy atom. The quantitative estimate of drug-likeness (QED) is 0.810. The summed E-state index contributed by atoms with van der Waals surface area (Å²) in [4.78, 5) is 0. The van der Waals surface area contributed by atoms with E-state index >= 15 is 0 Å². The maximum absolute atomic E-state index is 12.9. The first kappa shape index (κ1) is 13.9. The van der Waals surface area contributed by atoms with Crippen LogP contribution in [0.1, 0.15) is 18.9 Å². The Balaban J connectivity index is 3.34. The third kappa shape index (κ3) is 2.42. The lowest BCUT2D eigenvalue weighted by Crippen LogP contribution is -2.55.